The van der Waals surface area contributed by atoms with Crippen molar-refractivity contribution < 1.29 is 14.6 Å². The van der Waals surface area contributed by atoms with Crippen LogP contribution in [0, 0.1) is 19.8 Å². The van der Waals surface area contributed by atoms with Gasteiger partial charge in [-0.1, -0.05) is 6.07 Å². The molecule has 2 aliphatic rings. The Bertz CT molecular complexity index is 899. The molecule has 2 aromatic rings. The van der Waals surface area contributed by atoms with Gasteiger partial charge in [0.1, 0.15) is 11.9 Å². The first-order chi connectivity index (χ1) is 13.5. The number of aryl methyl sites for hydroxylation is 2. The number of aliphatic hydroxyl groups excluding tert-OH is 1. The molecule has 6 heteroatoms. The number of aromatic nitrogens is 2. The van der Waals surface area contributed by atoms with E-state index in [4.69, 9.17) is 4.74 Å². The molecule has 4 rings (SSSR count). The summed E-state index contributed by atoms with van der Waals surface area (Å²) in [5.41, 5.74) is 4.28. The first-order valence-corrected chi connectivity index (χ1v) is 9.94. The summed E-state index contributed by atoms with van der Waals surface area (Å²) in [7, 11) is 1.65. The van der Waals surface area contributed by atoms with Crippen molar-refractivity contribution in [3.8, 4) is 17.0 Å². The SMILES string of the molecule is COc1cc(C)ccc1-c1nnc(C(O)[C@@H]2CC[C@H]3CCC(=O)N3C2)cc1C. The smallest absolute Gasteiger partial charge is 0.222 e. The van der Waals surface area contributed by atoms with E-state index in [2.05, 4.69) is 10.2 Å². The second kappa shape index (κ2) is 7.51. The Morgan fingerprint density at radius 2 is 2.00 bits per heavy atom. The molecule has 2 fully saturated rings. The average molecular weight is 381 g/mol. The van der Waals surface area contributed by atoms with E-state index in [-0.39, 0.29) is 11.8 Å². The van der Waals surface area contributed by atoms with Crippen LogP contribution in [0.2, 0.25) is 0 Å². The van der Waals surface area contributed by atoms with Crippen LogP contribution in [0.3, 0.4) is 0 Å². The highest BCUT2D eigenvalue weighted by Gasteiger charge is 2.39. The van der Waals surface area contributed by atoms with Gasteiger partial charge in [-0.15, -0.1) is 5.10 Å². The van der Waals surface area contributed by atoms with Gasteiger partial charge < -0.3 is 14.7 Å². The molecule has 1 N–H and O–H groups in total. The third kappa shape index (κ3) is 3.37. The van der Waals surface area contributed by atoms with E-state index in [0.29, 0.717) is 24.7 Å². The van der Waals surface area contributed by atoms with Crippen molar-refractivity contribution in [2.45, 2.75) is 51.7 Å². The Labute approximate surface area is 165 Å². The van der Waals surface area contributed by atoms with E-state index in [0.717, 1.165) is 47.4 Å². The van der Waals surface area contributed by atoms with E-state index in [9.17, 15) is 9.90 Å². The number of benzene rings is 1. The Morgan fingerprint density at radius 1 is 1.18 bits per heavy atom. The summed E-state index contributed by atoms with van der Waals surface area (Å²) >= 11 is 0. The van der Waals surface area contributed by atoms with Crippen molar-refractivity contribution in [2.24, 2.45) is 5.92 Å². The highest BCUT2D eigenvalue weighted by atomic mass is 16.5. The van der Waals surface area contributed by atoms with Crippen LogP contribution in [0.15, 0.2) is 24.3 Å². The molecule has 0 spiro atoms. The number of rotatable bonds is 4. The molecular formula is C22H27N3O3. The van der Waals surface area contributed by atoms with E-state index >= 15 is 0 Å². The zero-order valence-corrected chi connectivity index (χ0v) is 16.7. The standard InChI is InChI=1S/C22H27N3O3/c1-13-4-8-17(19(10-13)28-3)21-14(2)11-18(23-24-21)22(27)15-5-6-16-7-9-20(26)25(16)12-15/h4,8,10-11,15-16,22,27H,5-7,9,12H2,1-3H3/t15-,16+,22?/m1/s1. The fourth-order valence-corrected chi connectivity index (χ4v) is 4.50. The Balaban J connectivity index is 1.57. The summed E-state index contributed by atoms with van der Waals surface area (Å²) < 4.78 is 5.50. The second-order valence-corrected chi connectivity index (χ2v) is 8.03. The molecule has 0 radical (unpaired) electrons. The first kappa shape index (κ1) is 18.9. The number of hydrogen-bond donors (Lipinski definition) is 1. The maximum Gasteiger partial charge on any atom is 0.222 e. The van der Waals surface area contributed by atoms with Crippen LogP contribution in [0.5, 0.6) is 5.75 Å². The number of amides is 1. The third-order valence-corrected chi connectivity index (χ3v) is 6.12. The zero-order chi connectivity index (χ0) is 19.8. The number of piperidine rings is 1. The van der Waals surface area contributed by atoms with Crippen molar-refractivity contribution >= 4 is 5.91 Å². The van der Waals surface area contributed by atoms with Gasteiger partial charge in [0.25, 0.3) is 0 Å². The first-order valence-electron chi connectivity index (χ1n) is 9.94. The lowest BCUT2D eigenvalue weighted by atomic mass is 9.87. The molecule has 1 aromatic carbocycles. The highest BCUT2D eigenvalue weighted by molar-refractivity contribution is 5.79. The molecule has 6 nitrogen and oxygen atoms in total. The van der Waals surface area contributed by atoms with Crippen LogP contribution in [0.1, 0.15) is 48.6 Å². The molecular weight excluding hydrogens is 354 g/mol. The van der Waals surface area contributed by atoms with E-state index in [1.807, 2.05) is 43.0 Å². The fourth-order valence-electron chi connectivity index (χ4n) is 4.50. The van der Waals surface area contributed by atoms with Gasteiger partial charge in [-0.25, -0.2) is 0 Å². The molecule has 0 saturated carbocycles. The summed E-state index contributed by atoms with van der Waals surface area (Å²) in [6.45, 7) is 4.60. The average Bonchev–Trinajstić information content (AvgIpc) is 3.08. The van der Waals surface area contributed by atoms with E-state index in [1.165, 1.54) is 0 Å². The molecule has 28 heavy (non-hydrogen) atoms. The number of ether oxygens (including phenoxy) is 1. The third-order valence-electron chi connectivity index (χ3n) is 6.12. The lowest BCUT2D eigenvalue weighted by Gasteiger charge is -2.37. The molecule has 0 bridgehead atoms. The summed E-state index contributed by atoms with van der Waals surface area (Å²) in [4.78, 5) is 14.0. The summed E-state index contributed by atoms with van der Waals surface area (Å²) in [6, 6.07) is 8.25. The van der Waals surface area contributed by atoms with Gasteiger partial charge in [0.2, 0.25) is 5.91 Å². The molecule has 2 aliphatic heterocycles. The van der Waals surface area contributed by atoms with Crippen LogP contribution in [0.25, 0.3) is 11.3 Å². The lowest BCUT2D eigenvalue weighted by Crippen LogP contribution is -2.43. The number of carbonyl (C=O) groups excluding carboxylic acids is 1. The molecule has 3 heterocycles. The molecule has 3 atom stereocenters. The predicted octanol–water partition coefficient (Wildman–Crippen LogP) is 3.20. The van der Waals surface area contributed by atoms with Crippen LogP contribution in [-0.4, -0.2) is 45.8 Å². The Hall–Kier alpha value is -2.47. The lowest BCUT2D eigenvalue weighted by molar-refractivity contribution is -0.131. The van der Waals surface area contributed by atoms with Gasteiger partial charge in [-0.05, 0) is 62.4 Å². The summed E-state index contributed by atoms with van der Waals surface area (Å²) in [5, 5.41) is 19.7. The number of aliphatic hydroxyl groups is 1. The molecule has 1 amide bonds. The minimum Gasteiger partial charge on any atom is -0.496 e. The van der Waals surface area contributed by atoms with Gasteiger partial charge in [0.05, 0.1) is 18.5 Å². The van der Waals surface area contributed by atoms with Crippen molar-refractivity contribution in [2.75, 3.05) is 13.7 Å². The van der Waals surface area contributed by atoms with Crippen LogP contribution in [0.4, 0.5) is 0 Å². The second-order valence-electron chi connectivity index (χ2n) is 8.03. The van der Waals surface area contributed by atoms with Crippen molar-refractivity contribution in [3.63, 3.8) is 0 Å². The van der Waals surface area contributed by atoms with Crippen molar-refractivity contribution in [1.29, 1.82) is 0 Å². The maximum atomic E-state index is 12.1. The zero-order valence-electron chi connectivity index (χ0n) is 16.7. The Morgan fingerprint density at radius 3 is 2.75 bits per heavy atom. The van der Waals surface area contributed by atoms with Gasteiger partial charge in [0.15, 0.2) is 0 Å². The minimum atomic E-state index is -0.713. The monoisotopic (exact) mass is 381 g/mol. The molecule has 2 saturated heterocycles. The Kier molecular flexibility index (Phi) is 5.06. The number of hydrogen-bond acceptors (Lipinski definition) is 5. The van der Waals surface area contributed by atoms with Gasteiger partial charge in [-0.3, -0.25) is 4.79 Å². The molecule has 1 unspecified atom stereocenters. The van der Waals surface area contributed by atoms with Crippen LogP contribution >= 0.6 is 0 Å². The van der Waals surface area contributed by atoms with Crippen molar-refractivity contribution in [1.82, 2.24) is 15.1 Å². The minimum absolute atomic E-state index is 0.00626. The quantitative estimate of drug-likeness (QED) is 0.880. The highest BCUT2D eigenvalue weighted by Crippen LogP contribution is 2.37. The normalized spacial score (nSPS) is 22.9. The predicted molar refractivity (Wildman–Crippen MR) is 106 cm³/mol. The number of fused-ring (bicyclic) bond motifs is 1. The molecule has 0 aliphatic carbocycles. The largest absolute Gasteiger partial charge is 0.496 e. The fraction of sp³-hybridized carbons (Fsp3) is 0.500. The van der Waals surface area contributed by atoms with Gasteiger partial charge in [0, 0.05) is 30.5 Å². The number of methoxy groups -OCH3 is 1. The van der Waals surface area contributed by atoms with Crippen LogP contribution in [-0.2, 0) is 4.79 Å². The van der Waals surface area contributed by atoms with Crippen molar-refractivity contribution in [3.05, 3.63) is 41.1 Å². The van der Waals surface area contributed by atoms with Gasteiger partial charge in [-0.2, -0.15) is 5.10 Å². The van der Waals surface area contributed by atoms with Gasteiger partial charge >= 0.3 is 0 Å². The molecule has 1 aromatic heterocycles. The van der Waals surface area contributed by atoms with Crippen LogP contribution < -0.4 is 4.74 Å². The number of nitrogens with zero attached hydrogens (tertiary/aromatic N) is 3. The van der Waals surface area contributed by atoms with E-state index < -0.39 is 6.10 Å². The maximum absolute atomic E-state index is 12.1. The summed E-state index contributed by atoms with van der Waals surface area (Å²) in [6.07, 6.45) is 2.74. The number of carbonyl (C=O) groups is 1. The summed E-state index contributed by atoms with van der Waals surface area (Å²) in [5.74, 6) is 0.981. The topological polar surface area (TPSA) is 75.5 Å². The molecule has 148 valence electrons. The van der Waals surface area contributed by atoms with E-state index in [1.54, 1.807) is 7.11 Å².